The first-order valence-electron chi connectivity index (χ1n) is 10.4. The van der Waals surface area contributed by atoms with Crippen LogP contribution >= 0.6 is 24.0 Å². The average Bonchev–Trinajstić information content (AvgIpc) is 3.05. The number of rotatable bonds is 5. The first kappa shape index (κ1) is 23.4. The van der Waals surface area contributed by atoms with Crippen LogP contribution in [-0.4, -0.2) is 40.8 Å². The highest BCUT2D eigenvalue weighted by atomic mass is 127. The number of hydrogen-bond acceptors (Lipinski definition) is 2. The lowest BCUT2D eigenvalue weighted by molar-refractivity contribution is 0.375. The number of hydrogen-bond donors (Lipinski definition) is 1. The normalized spacial score (nSPS) is 14.6. The number of aromatic nitrogens is 2. The number of nitrogens with zero attached hydrogens (tertiary/aromatic N) is 4. The van der Waals surface area contributed by atoms with Crippen molar-refractivity contribution in [2.24, 2.45) is 12.0 Å². The number of piperidine rings is 1. The molecule has 0 amide bonds. The van der Waals surface area contributed by atoms with E-state index in [2.05, 4.69) is 70.6 Å². The summed E-state index contributed by atoms with van der Waals surface area (Å²) in [4.78, 5) is 6.91. The van der Waals surface area contributed by atoms with Crippen LogP contribution in [0, 0.1) is 0 Å². The number of benzene rings is 1. The summed E-state index contributed by atoms with van der Waals surface area (Å²) in [6.45, 7) is 7.17. The molecule has 0 unspecified atom stereocenters. The van der Waals surface area contributed by atoms with Crippen LogP contribution in [0.15, 0.2) is 40.9 Å². The van der Waals surface area contributed by atoms with Crippen molar-refractivity contribution in [1.82, 2.24) is 20.0 Å². The number of halogens is 1. The van der Waals surface area contributed by atoms with E-state index in [0.717, 1.165) is 51.3 Å². The van der Waals surface area contributed by atoms with E-state index in [1.54, 1.807) is 0 Å². The second kappa shape index (κ2) is 11.4. The average molecular weight is 507 g/mol. The van der Waals surface area contributed by atoms with Crippen LogP contribution in [0.3, 0.4) is 0 Å². The second-order valence-corrected chi connectivity index (χ2v) is 7.30. The quantitative estimate of drug-likeness (QED) is 0.371. The Kier molecular flexibility index (Phi) is 9.20. The maximum atomic E-state index is 4.68. The first-order chi connectivity index (χ1) is 13.7. The second-order valence-electron chi connectivity index (χ2n) is 7.30. The van der Waals surface area contributed by atoms with E-state index in [-0.39, 0.29) is 24.0 Å². The third-order valence-corrected chi connectivity index (χ3v) is 5.54. The summed E-state index contributed by atoms with van der Waals surface area (Å²) in [6, 6.07) is 10.6. The summed E-state index contributed by atoms with van der Waals surface area (Å²) in [6.07, 6.45) is 6.47. The lowest BCUT2D eigenvalue weighted by Crippen LogP contribution is -2.44. The van der Waals surface area contributed by atoms with Gasteiger partial charge in [0.05, 0.1) is 5.69 Å². The molecule has 158 valence electrons. The molecule has 1 fully saturated rings. The van der Waals surface area contributed by atoms with Gasteiger partial charge in [0.15, 0.2) is 5.96 Å². The molecule has 3 rings (SSSR count). The fourth-order valence-electron chi connectivity index (χ4n) is 4.03. The molecule has 29 heavy (non-hydrogen) atoms. The smallest absolute Gasteiger partial charge is 0.193 e. The maximum absolute atomic E-state index is 4.68. The van der Waals surface area contributed by atoms with E-state index in [1.165, 1.54) is 28.1 Å². The molecule has 1 N–H and O–H groups in total. The minimum Gasteiger partial charge on any atom is -0.352 e. The fraction of sp³-hybridized carbons (Fsp3) is 0.478. The van der Waals surface area contributed by atoms with Crippen molar-refractivity contribution in [1.29, 1.82) is 0 Å². The molecule has 6 heteroatoms. The highest BCUT2D eigenvalue weighted by Gasteiger charge is 2.19. The third-order valence-electron chi connectivity index (χ3n) is 5.54. The Morgan fingerprint density at radius 1 is 1.14 bits per heavy atom. The van der Waals surface area contributed by atoms with E-state index in [0.29, 0.717) is 0 Å². The summed E-state index contributed by atoms with van der Waals surface area (Å²) in [7, 11) is 3.92. The Balaban J connectivity index is 0.00000300. The standard InChI is InChI=1S/C23H33N5.HI/c1-5-21-20(22(6-2)27(4)26-21)17-25-23(24-3)28-14-12-19(13-15-28)16-18-10-8-7-9-11-18;/h7-11,16H,5-6,12-15,17H2,1-4H3,(H,24,25);1H. The number of nitrogens with one attached hydrogen (secondary N) is 1. The Labute approximate surface area is 192 Å². The predicted molar refractivity (Wildman–Crippen MR) is 133 cm³/mol. The van der Waals surface area contributed by atoms with Gasteiger partial charge in [-0.2, -0.15) is 5.10 Å². The molecule has 1 aliphatic heterocycles. The van der Waals surface area contributed by atoms with Crippen molar-refractivity contribution in [2.45, 2.75) is 46.1 Å². The lowest BCUT2D eigenvalue weighted by atomic mass is 10.0. The van der Waals surface area contributed by atoms with Crippen molar-refractivity contribution in [2.75, 3.05) is 20.1 Å². The zero-order chi connectivity index (χ0) is 19.9. The van der Waals surface area contributed by atoms with E-state index < -0.39 is 0 Å². The summed E-state index contributed by atoms with van der Waals surface area (Å²) < 4.78 is 2.03. The van der Waals surface area contributed by atoms with Crippen LogP contribution < -0.4 is 5.32 Å². The summed E-state index contributed by atoms with van der Waals surface area (Å²) in [5.41, 5.74) is 6.65. The molecule has 2 aromatic rings. The van der Waals surface area contributed by atoms with Crippen LogP contribution in [0.4, 0.5) is 0 Å². The topological polar surface area (TPSA) is 45.5 Å². The molecule has 0 saturated carbocycles. The lowest BCUT2D eigenvalue weighted by Gasteiger charge is -2.31. The van der Waals surface area contributed by atoms with Crippen LogP contribution in [0.1, 0.15) is 49.2 Å². The SMILES string of the molecule is CCc1nn(C)c(CC)c1CNC(=NC)N1CCC(=Cc2ccccc2)CC1.I. The highest BCUT2D eigenvalue weighted by molar-refractivity contribution is 14.0. The van der Waals surface area contributed by atoms with E-state index in [9.17, 15) is 0 Å². The van der Waals surface area contributed by atoms with Gasteiger partial charge in [0.25, 0.3) is 0 Å². The Morgan fingerprint density at radius 3 is 2.41 bits per heavy atom. The number of likely N-dealkylation sites (tertiary alicyclic amines) is 1. The fourth-order valence-corrected chi connectivity index (χ4v) is 4.03. The molecule has 1 saturated heterocycles. The van der Waals surface area contributed by atoms with Gasteiger partial charge in [-0.25, -0.2) is 0 Å². The van der Waals surface area contributed by atoms with Crippen LogP contribution in [0.5, 0.6) is 0 Å². The van der Waals surface area contributed by atoms with Gasteiger partial charge in [0, 0.05) is 45.0 Å². The molecular formula is C23H34IN5. The number of guanidine groups is 1. The van der Waals surface area contributed by atoms with E-state index in [1.807, 2.05) is 18.8 Å². The highest BCUT2D eigenvalue weighted by Crippen LogP contribution is 2.20. The minimum absolute atomic E-state index is 0. The molecule has 0 aliphatic carbocycles. The van der Waals surface area contributed by atoms with Gasteiger partial charge in [0.1, 0.15) is 0 Å². The minimum atomic E-state index is 0. The van der Waals surface area contributed by atoms with Crippen molar-refractivity contribution >= 4 is 36.0 Å². The molecule has 1 aliphatic rings. The predicted octanol–water partition coefficient (Wildman–Crippen LogP) is 4.42. The summed E-state index contributed by atoms with van der Waals surface area (Å²) >= 11 is 0. The molecule has 1 aromatic carbocycles. The van der Waals surface area contributed by atoms with Crippen LogP contribution in [0.2, 0.25) is 0 Å². The molecule has 0 atom stereocenters. The molecule has 5 nitrogen and oxygen atoms in total. The van der Waals surface area contributed by atoms with Crippen molar-refractivity contribution < 1.29 is 0 Å². The Hall–Kier alpha value is -1.83. The summed E-state index contributed by atoms with van der Waals surface area (Å²) in [5, 5.41) is 8.27. The molecule has 1 aromatic heterocycles. The Bertz CT molecular complexity index is 828. The van der Waals surface area contributed by atoms with Gasteiger partial charge in [-0.05, 0) is 31.2 Å². The molecule has 0 spiro atoms. The maximum Gasteiger partial charge on any atom is 0.193 e. The van der Waals surface area contributed by atoms with Crippen LogP contribution in [0.25, 0.3) is 6.08 Å². The molecule has 2 heterocycles. The van der Waals surface area contributed by atoms with Crippen molar-refractivity contribution in [3.05, 3.63) is 58.4 Å². The molecular weight excluding hydrogens is 473 g/mol. The van der Waals surface area contributed by atoms with Crippen molar-refractivity contribution in [3.63, 3.8) is 0 Å². The van der Waals surface area contributed by atoms with E-state index in [4.69, 9.17) is 0 Å². The number of aryl methyl sites for hydroxylation is 2. The van der Waals surface area contributed by atoms with Crippen LogP contribution in [-0.2, 0) is 26.4 Å². The van der Waals surface area contributed by atoms with Crippen molar-refractivity contribution in [3.8, 4) is 0 Å². The largest absolute Gasteiger partial charge is 0.352 e. The molecule has 0 bridgehead atoms. The van der Waals surface area contributed by atoms with Gasteiger partial charge in [-0.3, -0.25) is 9.67 Å². The Morgan fingerprint density at radius 2 is 1.83 bits per heavy atom. The van der Waals surface area contributed by atoms with Gasteiger partial charge < -0.3 is 10.2 Å². The number of aliphatic imine (C=N–C) groups is 1. The molecule has 0 radical (unpaired) electrons. The third kappa shape index (κ3) is 5.84. The van der Waals surface area contributed by atoms with Gasteiger partial charge in [-0.15, -0.1) is 24.0 Å². The monoisotopic (exact) mass is 507 g/mol. The first-order valence-corrected chi connectivity index (χ1v) is 10.4. The van der Waals surface area contributed by atoms with Gasteiger partial charge in [-0.1, -0.05) is 55.8 Å². The van der Waals surface area contributed by atoms with E-state index >= 15 is 0 Å². The zero-order valence-electron chi connectivity index (χ0n) is 18.1. The van der Waals surface area contributed by atoms with Gasteiger partial charge in [0.2, 0.25) is 0 Å². The zero-order valence-corrected chi connectivity index (χ0v) is 20.4. The van der Waals surface area contributed by atoms with Gasteiger partial charge >= 0.3 is 0 Å². The summed E-state index contributed by atoms with van der Waals surface area (Å²) in [5.74, 6) is 0.992.